The van der Waals surface area contributed by atoms with E-state index in [1.54, 1.807) is 42.5 Å². The minimum atomic E-state index is -3.74. The molecule has 0 saturated carbocycles. The fraction of sp³-hybridized carbons (Fsp3) is 0.200. The Balaban J connectivity index is 1.56. The molecule has 35 heavy (non-hydrogen) atoms. The van der Waals surface area contributed by atoms with E-state index in [2.05, 4.69) is 10.6 Å². The number of carbonyl (C=O) groups is 1. The molecule has 3 aromatic rings. The highest BCUT2D eigenvalue weighted by Gasteiger charge is 2.27. The summed E-state index contributed by atoms with van der Waals surface area (Å²) in [5, 5.41) is 14.7. The van der Waals surface area contributed by atoms with Gasteiger partial charge in [-0.05, 0) is 48.5 Å². The van der Waals surface area contributed by atoms with E-state index in [1.807, 2.05) is 24.3 Å². The SMILES string of the molecule is N#Cc1cccc(NC(=O)CNc2cc(S(=O)(=O)N3CCOCC3)ccc2Oc2ccccc2)c1. The Labute approximate surface area is 203 Å². The molecule has 0 radical (unpaired) electrons. The van der Waals surface area contributed by atoms with Crippen LogP contribution in [0.5, 0.6) is 11.5 Å². The zero-order chi connectivity index (χ0) is 24.7. The number of nitrogens with zero attached hydrogens (tertiary/aromatic N) is 2. The van der Waals surface area contributed by atoms with E-state index in [0.717, 1.165) is 0 Å². The lowest BCUT2D eigenvalue weighted by atomic mass is 10.2. The summed E-state index contributed by atoms with van der Waals surface area (Å²) in [6.45, 7) is 1.08. The van der Waals surface area contributed by atoms with Gasteiger partial charge in [0.2, 0.25) is 15.9 Å². The Hall–Kier alpha value is -3.91. The van der Waals surface area contributed by atoms with Crippen LogP contribution in [-0.2, 0) is 19.6 Å². The monoisotopic (exact) mass is 492 g/mol. The van der Waals surface area contributed by atoms with Crippen LogP contribution in [0, 0.1) is 11.3 Å². The first-order valence-electron chi connectivity index (χ1n) is 10.9. The number of carbonyl (C=O) groups excluding carboxylic acids is 1. The third-order valence-corrected chi connectivity index (χ3v) is 7.14. The molecule has 1 heterocycles. The largest absolute Gasteiger partial charge is 0.455 e. The second kappa shape index (κ2) is 11.0. The maximum atomic E-state index is 13.1. The summed E-state index contributed by atoms with van der Waals surface area (Å²) in [6, 6.07) is 22.2. The molecule has 0 atom stereocenters. The van der Waals surface area contributed by atoms with E-state index in [1.165, 1.54) is 16.4 Å². The zero-order valence-electron chi connectivity index (χ0n) is 18.8. The highest BCUT2D eigenvalue weighted by Crippen LogP contribution is 2.33. The summed E-state index contributed by atoms with van der Waals surface area (Å²) in [6.07, 6.45) is 0. The van der Waals surface area contributed by atoms with Crippen LogP contribution in [-0.4, -0.2) is 51.5 Å². The molecule has 1 amide bonds. The van der Waals surface area contributed by atoms with Crippen molar-refractivity contribution in [2.45, 2.75) is 4.90 Å². The number of amides is 1. The first-order chi connectivity index (χ1) is 17.0. The number of morpholine rings is 1. The summed E-state index contributed by atoms with van der Waals surface area (Å²) in [4.78, 5) is 12.6. The highest BCUT2D eigenvalue weighted by molar-refractivity contribution is 7.89. The number of anilines is 2. The van der Waals surface area contributed by atoms with E-state index < -0.39 is 10.0 Å². The number of ether oxygens (including phenoxy) is 2. The van der Waals surface area contributed by atoms with Gasteiger partial charge < -0.3 is 20.1 Å². The van der Waals surface area contributed by atoms with E-state index in [0.29, 0.717) is 41.7 Å². The van der Waals surface area contributed by atoms with Crippen LogP contribution in [0.25, 0.3) is 0 Å². The molecule has 1 aliphatic rings. The van der Waals surface area contributed by atoms with Crippen LogP contribution in [0.15, 0.2) is 77.7 Å². The Morgan fingerprint density at radius 1 is 1.03 bits per heavy atom. The average molecular weight is 493 g/mol. The smallest absolute Gasteiger partial charge is 0.243 e. The first-order valence-corrected chi connectivity index (χ1v) is 12.4. The summed E-state index contributed by atoms with van der Waals surface area (Å²) in [7, 11) is -3.74. The van der Waals surface area contributed by atoms with Crippen molar-refractivity contribution in [3.8, 4) is 17.6 Å². The van der Waals surface area contributed by atoms with E-state index >= 15 is 0 Å². The van der Waals surface area contributed by atoms with Crippen molar-refractivity contribution < 1.29 is 22.7 Å². The van der Waals surface area contributed by atoms with Crippen molar-refractivity contribution in [1.29, 1.82) is 5.26 Å². The fourth-order valence-electron chi connectivity index (χ4n) is 3.50. The minimum Gasteiger partial charge on any atom is -0.455 e. The number of rotatable bonds is 8. The molecule has 0 spiro atoms. The quantitative estimate of drug-likeness (QED) is 0.494. The molecule has 9 nitrogen and oxygen atoms in total. The molecule has 10 heteroatoms. The second-order valence-corrected chi connectivity index (χ2v) is 9.62. The Bertz CT molecular complexity index is 1330. The molecule has 1 saturated heterocycles. The summed E-state index contributed by atoms with van der Waals surface area (Å²) in [5.41, 5.74) is 1.26. The van der Waals surface area contributed by atoms with E-state index in [-0.39, 0.29) is 30.4 Å². The third kappa shape index (κ3) is 6.16. The Morgan fingerprint density at radius 3 is 2.54 bits per heavy atom. The van der Waals surface area contributed by atoms with Gasteiger partial charge >= 0.3 is 0 Å². The molecule has 180 valence electrons. The lowest BCUT2D eigenvalue weighted by Crippen LogP contribution is -2.40. The van der Waals surface area contributed by atoms with Crippen molar-refractivity contribution >= 4 is 27.3 Å². The van der Waals surface area contributed by atoms with Crippen LogP contribution in [0.3, 0.4) is 0 Å². The van der Waals surface area contributed by atoms with Gasteiger partial charge in [-0.3, -0.25) is 4.79 Å². The van der Waals surface area contributed by atoms with Gasteiger partial charge in [0.05, 0.1) is 42.0 Å². The molecule has 0 unspecified atom stereocenters. The number of nitriles is 1. The molecule has 3 aromatic carbocycles. The summed E-state index contributed by atoms with van der Waals surface area (Å²) in [5.74, 6) is 0.570. The predicted molar refractivity (Wildman–Crippen MR) is 131 cm³/mol. The summed E-state index contributed by atoms with van der Waals surface area (Å²) >= 11 is 0. The van der Waals surface area contributed by atoms with Gasteiger partial charge in [-0.15, -0.1) is 0 Å². The zero-order valence-corrected chi connectivity index (χ0v) is 19.6. The maximum absolute atomic E-state index is 13.1. The van der Waals surface area contributed by atoms with E-state index in [9.17, 15) is 13.2 Å². The molecule has 4 rings (SSSR count). The predicted octanol–water partition coefficient (Wildman–Crippen LogP) is 3.42. The van der Waals surface area contributed by atoms with Crippen molar-refractivity contribution in [2.24, 2.45) is 0 Å². The third-order valence-electron chi connectivity index (χ3n) is 5.24. The second-order valence-electron chi connectivity index (χ2n) is 7.68. The minimum absolute atomic E-state index is 0.0874. The number of sulfonamides is 1. The molecule has 0 bridgehead atoms. The Kier molecular flexibility index (Phi) is 7.62. The standard InChI is InChI=1S/C25H24N4O5S/c26-17-19-5-4-6-20(15-19)28-25(30)18-27-23-16-22(35(31,32)29-11-13-33-14-12-29)9-10-24(23)34-21-7-2-1-3-8-21/h1-10,15-16,27H,11-14,18H2,(H,28,30). The van der Waals surface area contributed by atoms with Crippen LogP contribution in [0.2, 0.25) is 0 Å². The van der Waals surface area contributed by atoms with Crippen LogP contribution >= 0.6 is 0 Å². The molecule has 1 aliphatic heterocycles. The van der Waals surface area contributed by atoms with Crippen LogP contribution in [0.1, 0.15) is 5.56 Å². The molecular formula is C25H24N4O5S. The number of hydrogen-bond donors (Lipinski definition) is 2. The lowest BCUT2D eigenvalue weighted by molar-refractivity contribution is -0.114. The van der Waals surface area contributed by atoms with Crippen molar-refractivity contribution in [3.63, 3.8) is 0 Å². The molecular weight excluding hydrogens is 468 g/mol. The normalized spacial score (nSPS) is 14.0. The molecule has 1 fully saturated rings. The van der Waals surface area contributed by atoms with Gasteiger partial charge in [0.15, 0.2) is 5.75 Å². The van der Waals surface area contributed by atoms with Gasteiger partial charge in [-0.2, -0.15) is 9.57 Å². The van der Waals surface area contributed by atoms with Gasteiger partial charge in [-0.1, -0.05) is 24.3 Å². The number of benzene rings is 3. The van der Waals surface area contributed by atoms with Crippen molar-refractivity contribution in [2.75, 3.05) is 43.5 Å². The topological polar surface area (TPSA) is 121 Å². The fourth-order valence-corrected chi connectivity index (χ4v) is 4.93. The van der Waals surface area contributed by atoms with E-state index in [4.69, 9.17) is 14.7 Å². The maximum Gasteiger partial charge on any atom is 0.243 e. The Morgan fingerprint density at radius 2 is 1.80 bits per heavy atom. The summed E-state index contributed by atoms with van der Waals surface area (Å²) < 4.78 is 38.9. The van der Waals surface area contributed by atoms with Crippen LogP contribution < -0.4 is 15.4 Å². The van der Waals surface area contributed by atoms with Gasteiger partial charge in [-0.25, -0.2) is 8.42 Å². The number of nitrogens with one attached hydrogen (secondary N) is 2. The number of para-hydroxylation sites is 1. The van der Waals surface area contributed by atoms with Gasteiger partial charge in [0.1, 0.15) is 5.75 Å². The lowest BCUT2D eigenvalue weighted by Gasteiger charge is -2.26. The molecule has 2 N–H and O–H groups in total. The molecule has 0 aromatic heterocycles. The average Bonchev–Trinajstić information content (AvgIpc) is 2.89. The van der Waals surface area contributed by atoms with Gasteiger partial charge in [0, 0.05) is 18.8 Å². The van der Waals surface area contributed by atoms with Crippen LogP contribution in [0.4, 0.5) is 11.4 Å². The van der Waals surface area contributed by atoms with Crippen molar-refractivity contribution in [1.82, 2.24) is 4.31 Å². The highest BCUT2D eigenvalue weighted by atomic mass is 32.2. The number of hydrogen-bond acceptors (Lipinski definition) is 7. The molecule has 0 aliphatic carbocycles. The van der Waals surface area contributed by atoms with Gasteiger partial charge in [0.25, 0.3) is 0 Å². The first kappa shape index (κ1) is 24.2. The van der Waals surface area contributed by atoms with Crippen molar-refractivity contribution in [3.05, 3.63) is 78.4 Å².